The lowest BCUT2D eigenvalue weighted by molar-refractivity contribution is -0.511. The normalized spacial score (nSPS) is 13.2. The van der Waals surface area contributed by atoms with Gasteiger partial charge in [-0.3, -0.25) is 10.1 Å². The van der Waals surface area contributed by atoms with Crippen molar-refractivity contribution in [1.82, 2.24) is 0 Å². The van der Waals surface area contributed by atoms with Crippen LogP contribution in [0.5, 0.6) is 11.5 Å². The summed E-state index contributed by atoms with van der Waals surface area (Å²) >= 11 is 0. The summed E-state index contributed by atoms with van der Waals surface area (Å²) in [6.07, 6.45) is -0.0474. The first-order valence-corrected chi connectivity index (χ1v) is 8.90. The third-order valence-electron chi connectivity index (χ3n) is 4.24. The Hall–Kier alpha value is -2.15. The first kappa shape index (κ1) is 22.9. The van der Waals surface area contributed by atoms with Crippen molar-refractivity contribution < 1.29 is 23.9 Å². The minimum atomic E-state index is -1.48. The smallest absolute Gasteiger partial charge is 0.387 e. The van der Waals surface area contributed by atoms with Gasteiger partial charge in [0.2, 0.25) is 0 Å². The Bertz CT molecular complexity index is 650. The third kappa shape index (κ3) is 5.92. The van der Waals surface area contributed by atoms with E-state index < -0.39 is 16.9 Å². The van der Waals surface area contributed by atoms with Gasteiger partial charge in [0.05, 0.1) is 13.7 Å². The molecule has 1 rings (SSSR count). The second-order valence-electron chi connectivity index (χ2n) is 8.56. The fraction of sp³-hybridized carbons (Fsp3) is 0.650. The van der Waals surface area contributed by atoms with Crippen molar-refractivity contribution in [3.63, 3.8) is 0 Å². The molecule has 0 aliphatic carbocycles. The maximum atomic E-state index is 12.6. The summed E-state index contributed by atoms with van der Waals surface area (Å²) in [5, 5.41) is 11.3. The fourth-order valence-electron chi connectivity index (χ4n) is 2.65. The summed E-state index contributed by atoms with van der Waals surface area (Å²) in [6.45, 7) is 12.0. The zero-order valence-corrected chi connectivity index (χ0v) is 17.5. The molecule has 0 aromatic heterocycles. The molecule has 0 aliphatic heterocycles. The molecule has 7 heteroatoms. The number of ether oxygens (including phenoxy) is 3. The molecule has 0 aliphatic rings. The summed E-state index contributed by atoms with van der Waals surface area (Å²) in [7, 11) is 3.01. The van der Waals surface area contributed by atoms with E-state index in [2.05, 4.69) is 0 Å². The largest absolute Gasteiger partial charge is 0.497 e. The highest BCUT2D eigenvalue weighted by Gasteiger charge is 2.35. The Morgan fingerprint density at radius 3 is 1.89 bits per heavy atom. The highest BCUT2D eigenvalue weighted by Crippen LogP contribution is 2.42. The van der Waals surface area contributed by atoms with Gasteiger partial charge in [-0.2, -0.15) is 0 Å². The molecule has 0 radical (unpaired) electrons. The predicted octanol–water partition coefficient (Wildman–Crippen LogP) is 3.88. The second-order valence-corrected chi connectivity index (χ2v) is 8.56. The Balaban J connectivity index is 3.51. The number of hydrogen-bond acceptors (Lipinski definition) is 6. The second kappa shape index (κ2) is 8.69. The highest BCUT2D eigenvalue weighted by molar-refractivity contribution is 5.78. The van der Waals surface area contributed by atoms with E-state index >= 15 is 0 Å². The Morgan fingerprint density at radius 2 is 1.56 bits per heavy atom. The summed E-state index contributed by atoms with van der Waals surface area (Å²) in [6, 6.07) is 2.15. The fourth-order valence-corrected chi connectivity index (χ4v) is 2.65. The Kier molecular flexibility index (Phi) is 7.37. The lowest BCUT2D eigenvalue weighted by Gasteiger charge is -2.30. The number of carbonyl (C=O) groups is 1. The Morgan fingerprint density at radius 1 is 1.07 bits per heavy atom. The maximum Gasteiger partial charge on any atom is 0.387 e. The SMILES string of the molecule is COCCC(C(=O)Oc1c(C(C)(C)C)cc(OC)cc1C(C)(C)C)[N+](=O)[O-]. The van der Waals surface area contributed by atoms with Gasteiger partial charge in [-0.25, -0.2) is 4.79 Å². The molecule has 0 saturated carbocycles. The summed E-state index contributed by atoms with van der Waals surface area (Å²) in [4.78, 5) is 23.3. The van der Waals surface area contributed by atoms with E-state index in [1.165, 1.54) is 7.11 Å². The average molecular weight is 381 g/mol. The number of benzene rings is 1. The Labute approximate surface area is 161 Å². The van der Waals surface area contributed by atoms with E-state index in [0.29, 0.717) is 11.5 Å². The van der Waals surface area contributed by atoms with Crippen LogP contribution in [0.3, 0.4) is 0 Å². The van der Waals surface area contributed by atoms with Crippen molar-refractivity contribution in [3.8, 4) is 11.5 Å². The van der Waals surface area contributed by atoms with Crippen molar-refractivity contribution in [3.05, 3.63) is 33.4 Å². The molecule has 0 amide bonds. The lowest BCUT2D eigenvalue weighted by atomic mass is 9.79. The average Bonchev–Trinajstić information content (AvgIpc) is 2.52. The summed E-state index contributed by atoms with van der Waals surface area (Å²) in [5.74, 6) is 0.123. The van der Waals surface area contributed by atoms with Gasteiger partial charge < -0.3 is 14.2 Å². The monoisotopic (exact) mass is 381 g/mol. The van der Waals surface area contributed by atoms with Gasteiger partial charge in [0.25, 0.3) is 0 Å². The molecule has 7 nitrogen and oxygen atoms in total. The molecule has 27 heavy (non-hydrogen) atoms. The molecule has 0 heterocycles. The van der Waals surface area contributed by atoms with E-state index in [9.17, 15) is 14.9 Å². The number of hydrogen-bond donors (Lipinski definition) is 0. The summed E-state index contributed by atoms with van der Waals surface area (Å²) < 4.78 is 16.0. The van der Waals surface area contributed by atoms with Crippen LogP contribution in [0.2, 0.25) is 0 Å². The van der Waals surface area contributed by atoms with E-state index in [0.717, 1.165) is 11.1 Å². The molecular weight excluding hydrogens is 350 g/mol. The zero-order chi connectivity index (χ0) is 21.0. The van der Waals surface area contributed by atoms with Crippen LogP contribution in [-0.2, 0) is 20.4 Å². The standard InChI is InChI=1S/C20H31NO6/c1-19(2,3)14-11-13(26-8)12-15(20(4,5)6)17(14)27-18(22)16(21(23)24)9-10-25-7/h11-12,16H,9-10H2,1-8H3. The number of nitrogens with zero attached hydrogens (tertiary/aromatic N) is 1. The highest BCUT2D eigenvalue weighted by atomic mass is 16.6. The van der Waals surface area contributed by atoms with E-state index in [1.54, 1.807) is 7.11 Å². The molecule has 0 spiro atoms. The van der Waals surface area contributed by atoms with Gasteiger partial charge in [0.15, 0.2) is 0 Å². The molecule has 1 aromatic rings. The van der Waals surface area contributed by atoms with Crippen LogP contribution in [0.15, 0.2) is 12.1 Å². The molecule has 152 valence electrons. The van der Waals surface area contributed by atoms with Crippen LogP contribution in [0.4, 0.5) is 0 Å². The van der Waals surface area contributed by atoms with E-state index in [-0.39, 0.29) is 23.9 Å². The van der Waals surface area contributed by atoms with Crippen molar-refractivity contribution in [2.24, 2.45) is 0 Å². The molecule has 0 N–H and O–H groups in total. The third-order valence-corrected chi connectivity index (χ3v) is 4.24. The zero-order valence-electron chi connectivity index (χ0n) is 17.5. The number of esters is 1. The number of carbonyl (C=O) groups excluding carboxylic acids is 1. The van der Waals surface area contributed by atoms with Crippen molar-refractivity contribution in [2.75, 3.05) is 20.8 Å². The van der Waals surface area contributed by atoms with Gasteiger partial charge >= 0.3 is 12.0 Å². The number of methoxy groups -OCH3 is 2. The quantitative estimate of drug-likeness (QED) is 0.308. The predicted molar refractivity (Wildman–Crippen MR) is 103 cm³/mol. The van der Waals surface area contributed by atoms with Gasteiger partial charge in [-0.1, -0.05) is 41.5 Å². The molecule has 1 aromatic carbocycles. The van der Waals surface area contributed by atoms with Crippen LogP contribution < -0.4 is 9.47 Å². The van der Waals surface area contributed by atoms with Crippen molar-refractivity contribution >= 4 is 5.97 Å². The van der Waals surface area contributed by atoms with Gasteiger partial charge in [-0.05, 0) is 23.0 Å². The minimum Gasteiger partial charge on any atom is -0.497 e. The molecule has 0 fully saturated rings. The lowest BCUT2D eigenvalue weighted by Crippen LogP contribution is -2.35. The van der Waals surface area contributed by atoms with Crippen LogP contribution in [-0.4, -0.2) is 37.8 Å². The summed E-state index contributed by atoms with van der Waals surface area (Å²) in [5.41, 5.74) is 0.796. The number of rotatable bonds is 7. The first-order valence-electron chi connectivity index (χ1n) is 8.90. The molecule has 0 bridgehead atoms. The van der Waals surface area contributed by atoms with Crippen LogP contribution in [0, 0.1) is 10.1 Å². The van der Waals surface area contributed by atoms with Gasteiger partial charge in [-0.15, -0.1) is 0 Å². The first-order chi connectivity index (χ1) is 12.3. The van der Waals surface area contributed by atoms with Crippen molar-refractivity contribution in [1.29, 1.82) is 0 Å². The number of nitro groups is 1. The van der Waals surface area contributed by atoms with Crippen molar-refractivity contribution in [2.45, 2.75) is 64.8 Å². The van der Waals surface area contributed by atoms with Crippen LogP contribution in [0.25, 0.3) is 0 Å². The van der Waals surface area contributed by atoms with E-state index in [4.69, 9.17) is 14.2 Å². The maximum absolute atomic E-state index is 12.6. The van der Waals surface area contributed by atoms with Crippen LogP contribution in [0.1, 0.15) is 59.1 Å². The van der Waals surface area contributed by atoms with E-state index in [1.807, 2.05) is 53.7 Å². The molecule has 1 atom stereocenters. The van der Waals surface area contributed by atoms with Gasteiger partial charge in [0.1, 0.15) is 11.5 Å². The molecule has 0 saturated heterocycles. The minimum absolute atomic E-state index is 0.0474. The molecule has 1 unspecified atom stereocenters. The molecular formula is C20H31NO6. The topological polar surface area (TPSA) is 87.9 Å². The van der Waals surface area contributed by atoms with Gasteiger partial charge in [0, 0.05) is 29.6 Å². The van der Waals surface area contributed by atoms with Crippen LogP contribution >= 0.6 is 0 Å².